The molecule has 1 aliphatic heterocycles. The van der Waals surface area contributed by atoms with Crippen LogP contribution in [0.4, 0.5) is 28.0 Å². The van der Waals surface area contributed by atoms with Gasteiger partial charge < -0.3 is 30.6 Å². The van der Waals surface area contributed by atoms with E-state index >= 15 is 0 Å². The molecule has 1 fully saturated rings. The molecule has 2 heterocycles. The number of rotatable bonds is 10. The van der Waals surface area contributed by atoms with Gasteiger partial charge in [-0.2, -0.15) is 8.78 Å². The number of halogens is 5. The Labute approximate surface area is 194 Å². The van der Waals surface area contributed by atoms with Gasteiger partial charge in [0.15, 0.2) is 6.29 Å². The maximum atomic E-state index is 14.9. The quantitative estimate of drug-likeness (QED) is 0.258. The summed E-state index contributed by atoms with van der Waals surface area (Å²) in [7, 11) is 0. The number of carbonyl (C=O) groups is 2. The molecule has 0 spiro atoms. The number of urea groups is 1. The van der Waals surface area contributed by atoms with Gasteiger partial charge in [0.1, 0.15) is 30.5 Å². The summed E-state index contributed by atoms with van der Waals surface area (Å²) in [5, 5.41) is 3.83. The number of hydrogen-bond acceptors (Lipinski definition) is 6. The number of aromatic nitrogens is 1. The van der Waals surface area contributed by atoms with Crippen molar-refractivity contribution < 1.29 is 41.4 Å². The van der Waals surface area contributed by atoms with Gasteiger partial charge in [-0.1, -0.05) is 24.3 Å². The van der Waals surface area contributed by atoms with E-state index in [0.29, 0.717) is 0 Å². The zero-order chi connectivity index (χ0) is 25.0. The Bertz CT molecular complexity index is 1120. The SMILES string of the molecule is C=Cc1cc(OC(F)F)cnc1C(=O)Nc1cc(Cl)c(F)c([C@@](CF)(NC(N)=O)O[C@H]2CO2)c1. The lowest BCUT2D eigenvalue weighted by atomic mass is 10.0. The monoisotopic (exact) mass is 504 g/mol. The lowest BCUT2D eigenvalue weighted by Gasteiger charge is -2.32. The molecule has 0 bridgehead atoms. The summed E-state index contributed by atoms with van der Waals surface area (Å²) >= 11 is 5.93. The molecule has 0 unspecified atom stereocenters. The van der Waals surface area contributed by atoms with Crippen molar-refractivity contribution in [3.05, 3.63) is 58.6 Å². The maximum absolute atomic E-state index is 14.9. The van der Waals surface area contributed by atoms with Gasteiger partial charge in [0.2, 0.25) is 5.72 Å². The van der Waals surface area contributed by atoms with Crippen LogP contribution in [-0.2, 0) is 15.2 Å². The topological polar surface area (TPSA) is 128 Å². The van der Waals surface area contributed by atoms with Crippen LogP contribution in [0.5, 0.6) is 5.75 Å². The molecule has 0 aliphatic carbocycles. The van der Waals surface area contributed by atoms with Crippen molar-refractivity contribution in [1.29, 1.82) is 0 Å². The number of anilines is 1. The number of nitrogens with one attached hydrogen (secondary N) is 2. The van der Waals surface area contributed by atoms with E-state index < -0.39 is 53.6 Å². The Kier molecular flexibility index (Phi) is 7.59. The predicted molar refractivity (Wildman–Crippen MR) is 112 cm³/mol. The average Bonchev–Trinajstić information content (AvgIpc) is 3.58. The summed E-state index contributed by atoms with van der Waals surface area (Å²) < 4.78 is 68.3. The largest absolute Gasteiger partial charge is 0.433 e. The molecule has 9 nitrogen and oxygen atoms in total. The van der Waals surface area contributed by atoms with Crippen LogP contribution >= 0.6 is 11.6 Å². The van der Waals surface area contributed by atoms with Gasteiger partial charge >= 0.3 is 12.6 Å². The summed E-state index contributed by atoms with van der Waals surface area (Å²) in [6, 6.07) is 1.87. The molecule has 1 aromatic carbocycles. The highest BCUT2D eigenvalue weighted by Crippen LogP contribution is 2.36. The summed E-state index contributed by atoms with van der Waals surface area (Å²) in [4.78, 5) is 28.0. The first-order valence-electron chi connectivity index (χ1n) is 9.39. The lowest BCUT2D eigenvalue weighted by Crippen LogP contribution is -2.53. The Morgan fingerprint density at radius 3 is 2.68 bits per heavy atom. The fourth-order valence-electron chi connectivity index (χ4n) is 2.95. The zero-order valence-corrected chi connectivity index (χ0v) is 17.9. The van der Waals surface area contributed by atoms with Crippen molar-refractivity contribution in [3.8, 4) is 5.75 Å². The third-order valence-electron chi connectivity index (χ3n) is 4.42. The van der Waals surface area contributed by atoms with Crippen LogP contribution in [0.25, 0.3) is 6.08 Å². The van der Waals surface area contributed by atoms with Gasteiger partial charge in [-0.25, -0.2) is 18.6 Å². The van der Waals surface area contributed by atoms with Crippen LogP contribution in [0, 0.1) is 5.82 Å². The Balaban J connectivity index is 1.96. The number of pyridine rings is 1. The number of hydrogen-bond donors (Lipinski definition) is 3. The Morgan fingerprint density at radius 1 is 1.41 bits per heavy atom. The number of primary amides is 1. The number of amides is 3. The third kappa shape index (κ3) is 5.73. The van der Waals surface area contributed by atoms with Crippen LogP contribution < -0.4 is 21.1 Å². The van der Waals surface area contributed by atoms with Crippen molar-refractivity contribution in [1.82, 2.24) is 10.3 Å². The van der Waals surface area contributed by atoms with Crippen molar-refractivity contribution >= 4 is 35.3 Å². The molecule has 1 aromatic heterocycles. The van der Waals surface area contributed by atoms with Gasteiger partial charge in [0.25, 0.3) is 5.91 Å². The highest BCUT2D eigenvalue weighted by atomic mass is 35.5. The minimum absolute atomic E-state index is 0.0480. The number of epoxide rings is 1. The molecule has 0 radical (unpaired) electrons. The van der Waals surface area contributed by atoms with Crippen molar-refractivity contribution in [2.75, 3.05) is 18.6 Å². The highest BCUT2D eigenvalue weighted by Gasteiger charge is 2.44. The number of benzene rings is 1. The first-order chi connectivity index (χ1) is 16.1. The lowest BCUT2D eigenvalue weighted by molar-refractivity contribution is -0.122. The summed E-state index contributed by atoms with van der Waals surface area (Å²) in [5.41, 5.74) is 1.79. The minimum atomic E-state index is -3.10. The number of nitrogens with zero attached hydrogens (tertiary/aromatic N) is 1. The fraction of sp³-hybridized carbons (Fsp3) is 0.250. The van der Waals surface area contributed by atoms with Crippen LogP contribution in [-0.4, -0.2) is 43.1 Å². The smallest absolute Gasteiger partial charge is 0.387 e. The van der Waals surface area contributed by atoms with E-state index in [1.54, 1.807) is 0 Å². The van der Waals surface area contributed by atoms with Crippen LogP contribution in [0.15, 0.2) is 31.0 Å². The molecular formula is C20H17ClF4N4O5. The zero-order valence-electron chi connectivity index (χ0n) is 17.1. The molecule has 3 amide bonds. The van der Waals surface area contributed by atoms with E-state index in [9.17, 15) is 27.2 Å². The summed E-state index contributed by atoms with van der Waals surface area (Å²) in [6.45, 7) is -1.01. The van der Waals surface area contributed by atoms with E-state index in [0.717, 1.165) is 24.4 Å². The molecule has 1 saturated heterocycles. The van der Waals surface area contributed by atoms with E-state index in [1.807, 2.05) is 5.32 Å². The third-order valence-corrected chi connectivity index (χ3v) is 4.70. The second kappa shape index (κ2) is 10.2. The summed E-state index contributed by atoms with van der Waals surface area (Å²) in [6.07, 6.45) is 1.13. The molecule has 34 heavy (non-hydrogen) atoms. The number of ether oxygens (including phenoxy) is 3. The minimum Gasteiger partial charge on any atom is -0.433 e. The molecule has 2 aromatic rings. The van der Waals surface area contributed by atoms with Crippen molar-refractivity contribution in [2.45, 2.75) is 18.6 Å². The first kappa shape index (κ1) is 25.2. The average molecular weight is 505 g/mol. The van der Waals surface area contributed by atoms with Crippen LogP contribution in [0.3, 0.4) is 0 Å². The first-order valence-corrected chi connectivity index (χ1v) is 9.77. The molecule has 4 N–H and O–H groups in total. The van der Waals surface area contributed by atoms with E-state index in [2.05, 4.69) is 21.6 Å². The van der Waals surface area contributed by atoms with Gasteiger partial charge in [0.05, 0.1) is 11.2 Å². The van der Waals surface area contributed by atoms with Gasteiger partial charge in [-0.15, -0.1) is 0 Å². The number of carbonyl (C=O) groups excluding carboxylic acids is 2. The van der Waals surface area contributed by atoms with E-state index in [4.69, 9.17) is 26.8 Å². The standard InChI is InChI=1S/C20H17ClF4N4O5/c1-2-9-3-11(33-18(24)25)6-27-16(9)17(30)28-10-4-12(15(23)13(21)5-10)20(8-22,29-19(26)31)34-14-7-32-14/h2-6,14,18H,1,7-8H2,(H,28,30)(H3,26,29,31)/t14-,20-/m0/s1. The normalized spacial score (nSPS) is 16.5. The summed E-state index contributed by atoms with van der Waals surface area (Å²) in [5.74, 6) is -2.32. The Hall–Kier alpha value is -3.42. The molecule has 3 rings (SSSR count). The van der Waals surface area contributed by atoms with Crippen molar-refractivity contribution in [2.24, 2.45) is 5.73 Å². The number of alkyl halides is 3. The predicted octanol–water partition coefficient (Wildman–Crippen LogP) is 3.53. The maximum Gasteiger partial charge on any atom is 0.387 e. The second-order valence-electron chi connectivity index (χ2n) is 6.80. The van der Waals surface area contributed by atoms with Gasteiger partial charge in [0, 0.05) is 16.8 Å². The van der Waals surface area contributed by atoms with Gasteiger partial charge in [-0.05, 0) is 18.2 Å². The molecule has 182 valence electrons. The molecule has 0 saturated carbocycles. The van der Waals surface area contributed by atoms with E-state index in [1.165, 1.54) is 6.08 Å². The molecule has 14 heteroatoms. The second-order valence-corrected chi connectivity index (χ2v) is 7.20. The van der Waals surface area contributed by atoms with E-state index in [-0.39, 0.29) is 29.3 Å². The van der Waals surface area contributed by atoms with Crippen LogP contribution in [0.2, 0.25) is 5.02 Å². The molecule has 1 aliphatic rings. The highest BCUT2D eigenvalue weighted by molar-refractivity contribution is 6.31. The Morgan fingerprint density at radius 2 is 2.12 bits per heavy atom. The molecule has 2 atom stereocenters. The van der Waals surface area contributed by atoms with Gasteiger partial charge in [-0.3, -0.25) is 4.79 Å². The molecular weight excluding hydrogens is 488 g/mol. The number of nitrogens with two attached hydrogens (primary N) is 1. The van der Waals surface area contributed by atoms with Crippen molar-refractivity contribution in [3.63, 3.8) is 0 Å². The van der Waals surface area contributed by atoms with Crippen LogP contribution in [0.1, 0.15) is 21.6 Å². The fourth-order valence-corrected chi connectivity index (χ4v) is 3.17.